The molecule has 1 amide bonds. The summed E-state index contributed by atoms with van der Waals surface area (Å²) in [5.41, 5.74) is 6.40. The molecule has 7 nitrogen and oxygen atoms in total. The van der Waals surface area contributed by atoms with Gasteiger partial charge in [-0.2, -0.15) is 0 Å². The third-order valence-electron chi connectivity index (χ3n) is 3.58. The van der Waals surface area contributed by atoms with Crippen LogP contribution in [0.3, 0.4) is 0 Å². The van der Waals surface area contributed by atoms with Crippen molar-refractivity contribution in [1.82, 2.24) is 15.2 Å². The third kappa shape index (κ3) is 6.27. The van der Waals surface area contributed by atoms with E-state index < -0.39 is 17.8 Å². The Morgan fingerprint density at radius 1 is 1.48 bits per heavy atom. The minimum absolute atomic E-state index is 0.0336. The van der Waals surface area contributed by atoms with Crippen molar-refractivity contribution < 1.29 is 13.9 Å². The Hall–Kier alpha value is -2.97. The summed E-state index contributed by atoms with van der Waals surface area (Å²) < 4.78 is 19.6. The number of rotatable bonds is 8. The minimum Gasteiger partial charge on any atom is -0.482 e. The van der Waals surface area contributed by atoms with Crippen LogP contribution in [0.15, 0.2) is 65.8 Å². The molecule has 1 atom stereocenters. The lowest BCUT2D eigenvalue weighted by Crippen LogP contribution is -2.19. The zero-order chi connectivity index (χ0) is 21.4. The van der Waals surface area contributed by atoms with Crippen molar-refractivity contribution in [2.75, 3.05) is 16.9 Å². The number of ether oxygens (including phenoxy) is 1. The molecule has 0 fully saturated rings. The predicted octanol–water partition coefficient (Wildman–Crippen LogP) is 4.24. The zero-order valence-corrected chi connectivity index (χ0v) is 16.9. The summed E-state index contributed by atoms with van der Waals surface area (Å²) in [6, 6.07) is 4.66. The van der Waals surface area contributed by atoms with Gasteiger partial charge in [-0.1, -0.05) is 24.3 Å². The largest absolute Gasteiger partial charge is 0.482 e. The van der Waals surface area contributed by atoms with Gasteiger partial charge in [0.15, 0.2) is 17.3 Å². The fourth-order valence-electron chi connectivity index (χ4n) is 2.04. The molecule has 2 heterocycles. The topological polar surface area (TPSA) is 103 Å². The average Bonchev–Trinajstić information content (AvgIpc) is 2.72. The summed E-state index contributed by atoms with van der Waals surface area (Å²) in [4.78, 5) is 16.2. The maximum Gasteiger partial charge on any atom is 0.276 e. The summed E-state index contributed by atoms with van der Waals surface area (Å²) in [5, 5.41) is 9.89. The number of carbonyl (C=O) groups is 1. The Morgan fingerprint density at radius 3 is 2.90 bits per heavy atom. The van der Waals surface area contributed by atoms with Crippen LogP contribution in [0.5, 0.6) is 5.75 Å². The van der Waals surface area contributed by atoms with E-state index in [2.05, 4.69) is 27.1 Å². The van der Waals surface area contributed by atoms with E-state index >= 15 is 0 Å². The van der Waals surface area contributed by atoms with Gasteiger partial charge in [0.2, 0.25) is 0 Å². The van der Waals surface area contributed by atoms with Gasteiger partial charge in [-0.25, -0.2) is 4.39 Å². The second-order valence-electron chi connectivity index (χ2n) is 5.68. The van der Waals surface area contributed by atoms with Gasteiger partial charge in [0.1, 0.15) is 11.9 Å². The van der Waals surface area contributed by atoms with Crippen LogP contribution in [0.1, 0.15) is 17.4 Å². The van der Waals surface area contributed by atoms with Crippen LogP contribution in [0, 0.1) is 0 Å². The Bertz CT molecular complexity index is 951. The lowest BCUT2D eigenvalue weighted by atomic mass is 10.1. The molecule has 2 aromatic heterocycles. The van der Waals surface area contributed by atoms with E-state index in [1.54, 1.807) is 25.3 Å². The number of nitrogen functional groups attached to an aromatic ring is 1. The number of hydrogen-bond donors (Lipinski definition) is 2. The first kappa shape index (κ1) is 22.3. The van der Waals surface area contributed by atoms with Crippen molar-refractivity contribution in [2.45, 2.75) is 13.0 Å². The number of halogens is 3. The Morgan fingerprint density at radius 2 is 2.24 bits per heavy atom. The van der Waals surface area contributed by atoms with Crippen LogP contribution >= 0.6 is 23.2 Å². The highest BCUT2D eigenvalue weighted by atomic mass is 35.5. The van der Waals surface area contributed by atoms with E-state index in [1.165, 1.54) is 18.3 Å². The maximum atomic E-state index is 14.0. The number of nitrogens with two attached hydrogens (primary N) is 1. The second kappa shape index (κ2) is 10.5. The van der Waals surface area contributed by atoms with Gasteiger partial charge in [-0.05, 0) is 25.1 Å². The maximum absolute atomic E-state index is 14.0. The molecule has 0 radical (unpaired) electrons. The van der Waals surface area contributed by atoms with E-state index in [0.717, 1.165) is 6.08 Å². The molecule has 0 aromatic carbocycles. The van der Waals surface area contributed by atoms with Crippen LogP contribution in [0.2, 0.25) is 0 Å². The third-order valence-corrected chi connectivity index (χ3v) is 4.18. The smallest absolute Gasteiger partial charge is 0.276 e. The van der Waals surface area contributed by atoms with E-state index in [-0.39, 0.29) is 33.7 Å². The van der Waals surface area contributed by atoms with Gasteiger partial charge in [-0.3, -0.25) is 9.78 Å². The van der Waals surface area contributed by atoms with Crippen LogP contribution in [-0.4, -0.2) is 33.1 Å². The Kier molecular flexibility index (Phi) is 8.11. The Labute approximate surface area is 177 Å². The monoisotopic (exact) mass is 437 g/mol. The number of amides is 1. The number of carbonyl (C=O) groups excluding carboxylic acids is 1. The highest BCUT2D eigenvalue weighted by Crippen LogP contribution is 2.28. The van der Waals surface area contributed by atoms with Gasteiger partial charge < -0.3 is 15.8 Å². The lowest BCUT2D eigenvalue weighted by Gasteiger charge is -2.18. The summed E-state index contributed by atoms with van der Waals surface area (Å²) in [7, 11) is 0. The standard InChI is InChI=1S/C19H18Cl2FN5O2/c1-11(17(21)14(22)6-3-7-20)12(2)29-16-9-15(26-27-18(16)23)19(28)25-13-5-4-8-24-10-13/h3-6,8-10,12H,1,7H2,2H3,(H2,23,27)(H,25,28)/b6-3-,17-14-. The normalized spacial score (nSPS) is 13.0. The number of alkyl halides is 1. The van der Waals surface area contributed by atoms with Gasteiger partial charge in [-0.15, -0.1) is 21.8 Å². The number of anilines is 2. The van der Waals surface area contributed by atoms with Gasteiger partial charge in [0.05, 0.1) is 16.9 Å². The molecule has 2 aromatic rings. The van der Waals surface area contributed by atoms with E-state index in [0.29, 0.717) is 5.69 Å². The van der Waals surface area contributed by atoms with Crippen molar-refractivity contribution in [2.24, 2.45) is 0 Å². The molecule has 0 bridgehead atoms. The molecular formula is C19H18Cl2FN5O2. The number of hydrogen-bond acceptors (Lipinski definition) is 6. The summed E-state index contributed by atoms with van der Waals surface area (Å²) in [6.07, 6.45) is 4.82. The lowest BCUT2D eigenvalue weighted by molar-refractivity contribution is 0.102. The average molecular weight is 438 g/mol. The molecule has 0 saturated carbocycles. The summed E-state index contributed by atoms with van der Waals surface area (Å²) >= 11 is 11.5. The van der Waals surface area contributed by atoms with Crippen molar-refractivity contribution in [3.05, 3.63) is 71.4 Å². The van der Waals surface area contributed by atoms with Crippen molar-refractivity contribution in [3.63, 3.8) is 0 Å². The molecule has 0 aliphatic rings. The molecule has 10 heteroatoms. The van der Waals surface area contributed by atoms with Gasteiger partial charge >= 0.3 is 0 Å². The fraction of sp³-hybridized carbons (Fsp3) is 0.158. The quantitative estimate of drug-likeness (QED) is 0.472. The summed E-state index contributed by atoms with van der Waals surface area (Å²) in [6.45, 7) is 5.33. The molecule has 152 valence electrons. The highest BCUT2D eigenvalue weighted by molar-refractivity contribution is 6.32. The van der Waals surface area contributed by atoms with Gasteiger partial charge in [0, 0.05) is 23.7 Å². The Balaban J connectivity index is 2.16. The molecular weight excluding hydrogens is 420 g/mol. The molecule has 0 aliphatic carbocycles. The second-order valence-corrected chi connectivity index (χ2v) is 6.37. The summed E-state index contributed by atoms with van der Waals surface area (Å²) in [5.74, 6) is -1.07. The van der Waals surface area contributed by atoms with Crippen molar-refractivity contribution in [3.8, 4) is 5.75 Å². The SMILES string of the molecule is C=C(/C(Cl)=C(F)\C=C/CCl)C(C)Oc1cc(C(=O)Nc2cccnc2)nnc1N. The number of allylic oxidation sites excluding steroid dienone is 3. The molecule has 3 N–H and O–H groups in total. The number of aromatic nitrogens is 3. The fourth-order valence-corrected chi connectivity index (χ4v) is 2.34. The van der Waals surface area contributed by atoms with Gasteiger partial charge in [0.25, 0.3) is 5.91 Å². The van der Waals surface area contributed by atoms with Crippen LogP contribution in [-0.2, 0) is 0 Å². The highest BCUT2D eigenvalue weighted by Gasteiger charge is 2.19. The number of pyridine rings is 1. The van der Waals surface area contributed by atoms with E-state index in [4.69, 9.17) is 33.7 Å². The molecule has 29 heavy (non-hydrogen) atoms. The van der Waals surface area contributed by atoms with Crippen LogP contribution in [0.4, 0.5) is 15.9 Å². The molecule has 0 spiro atoms. The first-order chi connectivity index (χ1) is 13.8. The van der Waals surface area contributed by atoms with Crippen molar-refractivity contribution in [1.29, 1.82) is 0 Å². The minimum atomic E-state index is -0.765. The molecule has 2 rings (SSSR count). The molecule has 0 aliphatic heterocycles. The molecule has 1 unspecified atom stereocenters. The van der Waals surface area contributed by atoms with Crippen molar-refractivity contribution >= 4 is 40.6 Å². The predicted molar refractivity (Wildman–Crippen MR) is 112 cm³/mol. The first-order valence-corrected chi connectivity index (χ1v) is 9.23. The first-order valence-electron chi connectivity index (χ1n) is 8.31. The van der Waals surface area contributed by atoms with E-state index in [1.807, 2.05) is 0 Å². The zero-order valence-electron chi connectivity index (χ0n) is 15.4. The van der Waals surface area contributed by atoms with Crippen LogP contribution in [0.25, 0.3) is 0 Å². The number of nitrogens with one attached hydrogen (secondary N) is 1. The molecule has 0 saturated heterocycles. The van der Waals surface area contributed by atoms with Crippen LogP contribution < -0.4 is 15.8 Å². The number of nitrogens with zero attached hydrogens (tertiary/aromatic N) is 3. The van der Waals surface area contributed by atoms with E-state index in [9.17, 15) is 9.18 Å².